The van der Waals surface area contributed by atoms with Gasteiger partial charge in [0.05, 0.1) is 17.9 Å². The topological polar surface area (TPSA) is 73.2 Å². The monoisotopic (exact) mass is 382 g/mol. The molecule has 7 heteroatoms. The summed E-state index contributed by atoms with van der Waals surface area (Å²) in [4.78, 5) is 33.0. The van der Waals surface area contributed by atoms with Gasteiger partial charge in [-0.15, -0.1) is 0 Å². The van der Waals surface area contributed by atoms with E-state index in [-0.39, 0.29) is 23.1 Å². The maximum absolute atomic E-state index is 14.4. The van der Waals surface area contributed by atoms with Crippen LogP contribution >= 0.6 is 0 Å². The van der Waals surface area contributed by atoms with Crippen molar-refractivity contribution in [1.29, 1.82) is 0 Å². The summed E-state index contributed by atoms with van der Waals surface area (Å²) in [7, 11) is 0. The third kappa shape index (κ3) is 3.11. The zero-order valence-corrected chi connectivity index (χ0v) is 16.0. The molecule has 2 atom stereocenters. The van der Waals surface area contributed by atoms with Crippen molar-refractivity contribution >= 4 is 22.7 Å². The summed E-state index contributed by atoms with van der Waals surface area (Å²) in [6, 6.07) is 3.02. The van der Waals surface area contributed by atoms with E-state index in [1.54, 1.807) is 27.7 Å². The van der Waals surface area contributed by atoms with Crippen molar-refractivity contribution in [3.05, 3.63) is 68.3 Å². The van der Waals surface area contributed by atoms with Crippen LogP contribution in [0.1, 0.15) is 38.0 Å². The molecule has 0 fully saturated rings. The Balaban J connectivity index is 2.38. The highest BCUT2D eigenvalue weighted by Gasteiger charge is 2.43. The predicted molar refractivity (Wildman–Crippen MR) is 103 cm³/mol. The molecule has 2 aromatic rings. The summed E-state index contributed by atoms with van der Waals surface area (Å²) in [5.41, 5.74) is 1.07. The number of fused-ring (bicyclic) bond motifs is 1. The number of rotatable bonds is 3. The number of hydrogen-bond donors (Lipinski definition) is 0. The van der Waals surface area contributed by atoms with Gasteiger partial charge in [-0.1, -0.05) is 6.07 Å². The van der Waals surface area contributed by atoms with Gasteiger partial charge in [0.15, 0.2) is 5.43 Å². The van der Waals surface area contributed by atoms with Gasteiger partial charge in [0.25, 0.3) is 6.04 Å². The molecule has 0 radical (unpaired) electrons. The lowest BCUT2D eigenvalue weighted by Gasteiger charge is -2.26. The maximum Gasteiger partial charge on any atom is 0.336 e. The molecule has 144 valence electrons. The van der Waals surface area contributed by atoms with Crippen molar-refractivity contribution < 1.29 is 18.3 Å². The van der Waals surface area contributed by atoms with Gasteiger partial charge in [0.1, 0.15) is 28.5 Å². The minimum Gasteiger partial charge on any atom is -0.463 e. The van der Waals surface area contributed by atoms with Crippen molar-refractivity contribution in [2.75, 3.05) is 6.61 Å². The lowest BCUT2D eigenvalue weighted by molar-refractivity contribution is -0.138. The lowest BCUT2D eigenvalue weighted by atomic mass is 9.79. The van der Waals surface area contributed by atoms with Crippen LogP contribution in [0.25, 0.3) is 15.8 Å². The summed E-state index contributed by atoms with van der Waals surface area (Å²) < 4.78 is 25.3. The summed E-state index contributed by atoms with van der Waals surface area (Å²) in [5, 5.41) is -0.201. The molecule has 1 aromatic carbocycles. The zero-order chi connectivity index (χ0) is 20.6. The van der Waals surface area contributed by atoms with Crippen LogP contribution in [0, 0.1) is 19.3 Å². The van der Waals surface area contributed by atoms with E-state index in [1.807, 2.05) is 0 Å². The van der Waals surface area contributed by atoms with Crippen molar-refractivity contribution in [1.82, 2.24) is 0 Å². The highest BCUT2D eigenvalue weighted by atomic mass is 19.1. The predicted octanol–water partition coefficient (Wildman–Crippen LogP) is 3.92. The second kappa shape index (κ2) is 7.39. The summed E-state index contributed by atoms with van der Waals surface area (Å²) in [5.74, 6) is -1.79. The number of allylic oxidation sites excluding steroid dienone is 1. The number of benzene rings is 1. The Labute approximate surface area is 161 Å². The van der Waals surface area contributed by atoms with Gasteiger partial charge in [0, 0.05) is 17.3 Å². The molecule has 0 saturated heterocycles. The van der Waals surface area contributed by atoms with Gasteiger partial charge in [-0.2, -0.15) is 0 Å². The Morgan fingerprint density at radius 1 is 1.36 bits per heavy atom. The molecular weight excluding hydrogens is 363 g/mol. The minimum atomic E-state index is -0.803. The van der Waals surface area contributed by atoms with E-state index < -0.39 is 29.2 Å². The Morgan fingerprint density at radius 3 is 2.71 bits per heavy atom. The van der Waals surface area contributed by atoms with E-state index >= 15 is 0 Å². The van der Waals surface area contributed by atoms with Gasteiger partial charge < -0.3 is 14.0 Å². The molecule has 6 nitrogen and oxygen atoms in total. The Bertz CT molecular complexity index is 1140. The molecule has 2 heterocycles. The molecule has 0 spiro atoms. The second-order valence-electron chi connectivity index (χ2n) is 6.59. The first kappa shape index (κ1) is 19.5. The fourth-order valence-corrected chi connectivity index (χ4v) is 3.60. The van der Waals surface area contributed by atoms with E-state index in [2.05, 4.69) is 9.84 Å². The number of carbonyl (C=O) groups is 1. The Morgan fingerprint density at radius 2 is 2.07 bits per heavy atom. The average molecular weight is 382 g/mol. The second-order valence-corrected chi connectivity index (χ2v) is 6.59. The van der Waals surface area contributed by atoms with Gasteiger partial charge in [-0.3, -0.25) is 9.79 Å². The van der Waals surface area contributed by atoms with E-state index in [4.69, 9.17) is 15.7 Å². The highest BCUT2D eigenvalue weighted by molar-refractivity contribution is 6.01. The maximum atomic E-state index is 14.4. The molecule has 2 unspecified atom stereocenters. The molecule has 28 heavy (non-hydrogen) atoms. The third-order valence-electron chi connectivity index (χ3n) is 4.74. The first-order chi connectivity index (χ1) is 13.3. The smallest absolute Gasteiger partial charge is 0.336 e. The minimum absolute atomic E-state index is 0.0351. The van der Waals surface area contributed by atoms with Crippen molar-refractivity contribution in [3.63, 3.8) is 0 Å². The largest absolute Gasteiger partial charge is 0.463 e. The first-order valence-electron chi connectivity index (χ1n) is 8.82. The first-order valence-corrected chi connectivity index (χ1v) is 8.82. The number of hydrogen-bond acceptors (Lipinski definition) is 5. The van der Waals surface area contributed by atoms with Gasteiger partial charge in [-0.25, -0.2) is 15.8 Å². The molecule has 3 rings (SSSR count). The van der Waals surface area contributed by atoms with Crippen molar-refractivity contribution in [3.8, 4) is 0 Å². The van der Waals surface area contributed by atoms with E-state index in [1.165, 1.54) is 12.1 Å². The van der Waals surface area contributed by atoms with Crippen molar-refractivity contribution in [2.24, 2.45) is 4.99 Å². The van der Waals surface area contributed by atoms with Gasteiger partial charge in [-0.05, 0) is 33.8 Å². The molecule has 1 aliphatic rings. The number of aryl methyl sites for hydroxylation is 1. The van der Waals surface area contributed by atoms with Crippen LogP contribution in [0.15, 0.2) is 43.7 Å². The van der Waals surface area contributed by atoms with Crippen LogP contribution in [0.3, 0.4) is 0 Å². The van der Waals surface area contributed by atoms with Crippen LogP contribution in [-0.4, -0.2) is 24.3 Å². The van der Waals surface area contributed by atoms with Gasteiger partial charge >= 0.3 is 5.97 Å². The summed E-state index contributed by atoms with van der Waals surface area (Å²) in [6.07, 6.45) is 0. The molecule has 0 bridgehead atoms. The molecule has 0 amide bonds. The fourth-order valence-electron chi connectivity index (χ4n) is 3.60. The van der Waals surface area contributed by atoms with Gasteiger partial charge in [0.2, 0.25) is 0 Å². The third-order valence-corrected chi connectivity index (χ3v) is 4.74. The molecule has 0 N–H and O–H groups in total. The molecule has 1 aromatic heterocycles. The molecule has 0 aliphatic carbocycles. The van der Waals surface area contributed by atoms with E-state index in [9.17, 15) is 14.0 Å². The summed E-state index contributed by atoms with van der Waals surface area (Å²) >= 11 is 0. The number of halogens is 1. The van der Waals surface area contributed by atoms with E-state index in [0.29, 0.717) is 22.7 Å². The summed E-state index contributed by atoms with van der Waals surface area (Å²) in [6.45, 7) is 14.4. The van der Waals surface area contributed by atoms with Crippen molar-refractivity contribution in [2.45, 2.75) is 39.7 Å². The number of carbonyl (C=O) groups excluding carboxylic acids is 1. The SMILES string of the molecule is [C-]#[N+]C1C(C)=NC(C)=C(C(=O)OCC)C1c1ccc(F)c2c(=O)cc(C)oc12. The molecule has 0 saturated carbocycles. The Hall–Kier alpha value is -3.27. The Kier molecular flexibility index (Phi) is 5.14. The van der Waals surface area contributed by atoms with Crippen LogP contribution in [0.4, 0.5) is 4.39 Å². The highest BCUT2D eigenvalue weighted by Crippen LogP contribution is 2.40. The number of aliphatic imine (C=N–C) groups is 1. The number of esters is 1. The lowest BCUT2D eigenvalue weighted by Crippen LogP contribution is -2.32. The van der Waals surface area contributed by atoms with Crippen LogP contribution in [-0.2, 0) is 9.53 Å². The number of nitrogens with zero attached hydrogens (tertiary/aromatic N) is 2. The van der Waals surface area contributed by atoms with Crippen LogP contribution in [0.2, 0.25) is 0 Å². The number of ether oxygens (including phenoxy) is 1. The molecular formula is C21H19FN2O4. The zero-order valence-electron chi connectivity index (χ0n) is 16.0. The quantitative estimate of drug-likeness (QED) is 0.596. The van der Waals surface area contributed by atoms with Crippen LogP contribution in [0.5, 0.6) is 0 Å². The fraction of sp³-hybridized carbons (Fsp3) is 0.333. The average Bonchev–Trinajstić information content (AvgIpc) is 2.61. The normalized spacial score (nSPS) is 19.4. The standard InChI is InChI=1S/C21H19FN2O4/c1-6-27-21(26)16-11(3)24-12(4)19(23-5)17(16)13-7-8-14(22)18-15(25)9-10(2)28-20(13)18/h7-9,17,19H,6H2,1-4H3. The van der Waals surface area contributed by atoms with E-state index in [0.717, 1.165) is 6.07 Å². The molecule has 1 aliphatic heterocycles. The van der Waals surface area contributed by atoms with Crippen LogP contribution < -0.4 is 5.43 Å².